The Morgan fingerprint density at radius 1 is 1.26 bits per heavy atom. The molecule has 2 unspecified atom stereocenters. The van der Waals surface area contributed by atoms with E-state index in [1.807, 2.05) is 26.0 Å². The Hall–Kier alpha value is -0.910. The fraction of sp³-hybridized carbons (Fsp3) is 0.571. The quantitative estimate of drug-likeness (QED) is 0.803. The van der Waals surface area contributed by atoms with Gasteiger partial charge in [0.2, 0.25) is 0 Å². The van der Waals surface area contributed by atoms with Gasteiger partial charge in [0.25, 0.3) is 0 Å². The number of aliphatic hydroxyl groups is 1. The van der Waals surface area contributed by atoms with Gasteiger partial charge in [0.1, 0.15) is 0 Å². The summed E-state index contributed by atoms with van der Waals surface area (Å²) in [5.74, 6) is 0. The molecule has 0 radical (unpaired) electrons. The minimum atomic E-state index is -3.13. The fourth-order valence-corrected chi connectivity index (χ4v) is 2.42. The first-order chi connectivity index (χ1) is 8.84. The van der Waals surface area contributed by atoms with E-state index in [1.54, 1.807) is 12.1 Å². The predicted molar refractivity (Wildman–Crippen MR) is 76.9 cm³/mol. The zero-order chi connectivity index (χ0) is 14.5. The Balaban J connectivity index is 2.56. The van der Waals surface area contributed by atoms with E-state index in [0.29, 0.717) is 4.90 Å². The standard InChI is InChI=1S/C14H23NO3S/c1-4-13(16)9-10-15-11(2)12-5-7-14(8-6-12)19(3,17)18/h5-8,11,13,15-16H,4,9-10H2,1-3H3. The molecular weight excluding hydrogens is 262 g/mol. The van der Waals surface area contributed by atoms with Crippen molar-refractivity contribution in [2.75, 3.05) is 12.8 Å². The van der Waals surface area contributed by atoms with Crippen LogP contribution in [0.3, 0.4) is 0 Å². The van der Waals surface area contributed by atoms with Gasteiger partial charge in [-0.2, -0.15) is 0 Å². The van der Waals surface area contributed by atoms with Crippen LogP contribution in [0.4, 0.5) is 0 Å². The lowest BCUT2D eigenvalue weighted by Gasteiger charge is -2.16. The van der Waals surface area contributed by atoms with E-state index in [9.17, 15) is 13.5 Å². The Morgan fingerprint density at radius 2 is 1.84 bits per heavy atom. The van der Waals surface area contributed by atoms with Gasteiger partial charge in [-0.05, 0) is 44.0 Å². The molecule has 0 aromatic heterocycles. The van der Waals surface area contributed by atoms with Gasteiger partial charge in [-0.3, -0.25) is 0 Å². The van der Waals surface area contributed by atoms with Crippen LogP contribution >= 0.6 is 0 Å². The van der Waals surface area contributed by atoms with E-state index < -0.39 is 9.84 Å². The average Bonchev–Trinajstić information content (AvgIpc) is 2.37. The first kappa shape index (κ1) is 16.1. The minimum Gasteiger partial charge on any atom is -0.393 e. The van der Waals surface area contributed by atoms with Crippen LogP contribution in [0.2, 0.25) is 0 Å². The van der Waals surface area contributed by atoms with Crippen molar-refractivity contribution in [2.24, 2.45) is 0 Å². The molecule has 0 fully saturated rings. The molecule has 0 saturated carbocycles. The van der Waals surface area contributed by atoms with Gasteiger partial charge < -0.3 is 10.4 Å². The van der Waals surface area contributed by atoms with Crippen molar-refractivity contribution in [2.45, 2.75) is 43.7 Å². The third-order valence-electron chi connectivity index (χ3n) is 3.21. The SMILES string of the molecule is CCC(O)CCNC(C)c1ccc(S(C)(=O)=O)cc1. The zero-order valence-electron chi connectivity index (χ0n) is 11.8. The normalized spacial score (nSPS) is 15.2. The van der Waals surface area contributed by atoms with Crippen molar-refractivity contribution in [3.05, 3.63) is 29.8 Å². The molecule has 108 valence electrons. The van der Waals surface area contributed by atoms with Crippen molar-refractivity contribution in [3.8, 4) is 0 Å². The Bertz CT molecular complexity index is 482. The number of rotatable bonds is 7. The van der Waals surface area contributed by atoms with E-state index in [0.717, 1.165) is 24.9 Å². The molecule has 1 aromatic rings. The van der Waals surface area contributed by atoms with Crippen LogP contribution in [0.15, 0.2) is 29.2 Å². The maximum absolute atomic E-state index is 11.4. The van der Waals surface area contributed by atoms with Gasteiger partial charge >= 0.3 is 0 Å². The van der Waals surface area contributed by atoms with Gasteiger partial charge in [0.15, 0.2) is 9.84 Å². The maximum Gasteiger partial charge on any atom is 0.175 e. The highest BCUT2D eigenvalue weighted by Crippen LogP contribution is 2.16. The number of nitrogens with one attached hydrogen (secondary N) is 1. The van der Waals surface area contributed by atoms with Crippen molar-refractivity contribution in [1.82, 2.24) is 5.32 Å². The molecule has 1 rings (SSSR count). The Kier molecular flexibility index (Phi) is 5.97. The molecular formula is C14H23NO3S. The third kappa shape index (κ3) is 5.30. The van der Waals surface area contributed by atoms with Crippen LogP contribution in [-0.4, -0.2) is 32.4 Å². The van der Waals surface area contributed by atoms with Crippen LogP contribution in [0.5, 0.6) is 0 Å². The summed E-state index contributed by atoms with van der Waals surface area (Å²) in [6.45, 7) is 4.72. The maximum atomic E-state index is 11.4. The summed E-state index contributed by atoms with van der Waals surface area (Å²) >= 11 is 0. The molecule has 0 amide bonds. The van der Waals surface area contributed by atoms with E-state index in [2.05, 4.69) is 5.32 Å². The lowest BCUT2D eigenvalue weighted by Crippen LogP contribution is -2.23. The van der Waals surface area contributed by atoms with Gasteiger partial charge in [-0.15, -0.1) is 0 Å². The highest BCUT2D eigenvalue weighted by molar-refractivity contribution is 7.90. The van der Waals surface area contributed by atoms with Gasteiger partial charge in [0.05, 0.1) is 11.0 Å². The summed E-state index contributed by atoms with van der Waals surface area (Å²) in [5, 5.41) is 12.8. The van der Waals surface area contributed by atoms with E-state index in [1.165, 1.54) is 6.26 Å². The molecule has 0 heterocycles. The average molecular weight is 285 g/mol. The number of benzene rings is 1. The molecule has 5 heteroatoms. The highest BCUT2D eigenvalue weighted by atomic mass is 32.2. The monoisotopic (exact) mass is 285 g/mol. The van der Waals surface area contributed by atoms with Crippen molar-refractivity contribution < 1.29 is 13.5 Å². The Morgan fingerprint density at radius 3 is 2.32 bits per heavy atom. The highest BCUT2D eigenvalue weighted by Gasteiger charge is 2.09. The number of hydrogen-bond acceptors (Lipinski definition) is 4. The molecule has 1 aromatic carbocycles. The summed E-state index contributed by atoms with van der Waals surface area (Å²) in [7, 11) is -3.13. The Labute approximate surface area is 115 Å². The molecule has 0 bridgehead atoms. The van der Waals surface area contributed by atoms with Gasteiger partial charge in [-0.1, -0.05) is 19.1 Å². The molecule has 0 saturated heterocycles. The topological polar surface area (TPSA) is 66.4 Å². The summed E-state index contributed by atoms with van der Waals surface area (Å²) in [4.78, 5) is 0.338. The molecule has 19 heavy (non-hydrogen) atoms. The second-order valence-corrected chi connectivity index (χ2v) is 6.88. The summed E-state index contributed by atoms with van der Waals surface area (Å²) in [5.41, 5.74) is 1.04. The van der Waals surface area contributed by atoms with Crippen LogP contribution < -0.4 is 5.32 Å². The molecule has 4 nitrogen and oxygen atoms in total. The smallest absolute Gasteiger partial charge is 0.175 e. The first-order valence-corrected chi connectivity index (χ1v) is 8.45. The number of aliphatic hydroxyl groups excluding tert-OH is 1. The van der Waals surface area contributed by atoms with Crippen LogP contribution in [-0.2, 0) is 9.84 Å². The van der Waals surface area contributed by atoms with E-state index in [-0.39, 0.29) is 12.1 Å². The van der Waals surface area contributed by atoms with Crippen molar-refractivity contribution >= 4 is 9.84 Å². The summed E-state index contributed by atoms with van der Waals surface area (Å²) in [6, 6.07) is 7.04. The molecule has 2 atom stereocenters. The second-order valence-electron chi connectivity index (χ2n) is 4.87. The van der Waals surface area contributed by atoms with Crippen molar-refractivity contribution in [1.29, 1.82) is 0 Å². The molecule has 0 spiro atoms. The lowest BCUT2D eigenvalue weighted by molar-refractivity contribution is 0.159. The lowest BCUT2D eigenvalue weighted by atomic mass is 10.1. The zero-order valence-corrected chi connectivity index (χ0v) is 12.6. The molecule has 2 N–H and O–H groups in total. The molecule has 0 aliphatic carbocycles. The fourth-order valence-electron chi connectivity index (χ4n) is 1.79. The predicted octanol–water partition coefficient (Wildman–Crippen LogP) is 1.90. The van der Waals surface area contributed by atoms with Crippen molar-refractivity contribution in [3.63, 3.8) is 0 Å². The van der Waals surface area contributed by atoms with Crippen LogP contribution in [0, 0.1) is 0 Å². The number of hydrogen-bond donors (Lipinski definition) is 2. The van der Waals surface area contributed by atoms with Gasteiger partial charge in [-0.25, -0.2) is 8.42 Å². The molecule has 0 aliphatic heterocycles. The number of sulfone groups is 1. The van der Waals surface area contributed by atoms with Crippen LogP contribution in [0.25, 0.3) is 0 Å². The largest absolute Gasteiger partial charge is 0.393 e. The summed E-state index contributed by atoms with van der Waals surface area (Å²) < 4.78 is 22.7. The molecule has 0 aliphatic rings. The third-order valence-corrected chi connectivity index (χ3v) is 4.34. The first-order valence-electron chi connectivity index (χ1n) is 6.56. The van der Waals surface area contributed by atoms with Gasteiger partial charge in [0, 0.05) is 12.3 Å². The van der Waals surface area contributed by atoms with Crippen LogP contribution in [0.1, 0.15) is 38.3 Å². The second kappa shape index (κ2) is 7.03. The summed E-state index contributed by atoms with van der Waals surface area (Å²) in [6.07, 6.45) is 2.43. The minimum absolute atomic E-state index is 0.137. The van der Waals surface area contributed by atoms with E-state index in [4.69, 9.17) is 0 Å². The van der Waals surface area contributed by atoms with E-state index >= 15 is 0 Å².